The maximum absolute atomic E-state index is 13.4. The smallest absolute Gasteiger partial charge is 0.123 e. The largest absolute Gasteiger partial charge is 0.358 e. The summed E-state index contributed by atoms with van der Waals surface area (Å²) < 4.78 is 13.4. The number of hydrogen-bond donors (Lipinski definition) is 3. The number of anilines is 2. The molecule has 0 bridgehead atoms. The third-order valence-electron chi connectivity index (χ3n) is 6.74. The quantitative estimate of drug-likeness (QED) is 0.202. The van der Waals surface area contributed by atoms with Crippen molar-refractivity contribution in [3.05, 3.63) is 109 Å². The van der Waals surface area contributed by atoms with Crippen LogP contribution in [0.1, 0.15) is 32.0 Å². The van der Waals surface area contributed by atoms with Crippen LogP contribution in [0.25, 0.3) is 39.0 Å². The van der Waals surface area contributed by atoms with E-state index in [1.165, 1.54) is 12.1 Å². The van der Waals surface area contributed by atoms with Gasteiger partial charge in [0, 0.05) is 33.9 Å². The molecule has 5 rings (SSSR count). The number of hydrogen-bond acceptors (Lipinski definition) is 5. The first-order chi connectivity index (χ1) is 18.6. The molecule has 0 amide bonds. The highest BCUT2D eigenvalue weighted by molar-refractivity contribution is 5.94. The average Bonchev–Trinajstić information content (AvgIpc) is 3.34. The van der Waals surface area contributed by atoms with Crippen molar-refractivity contribution in [3.63, 3.8) is 0 Å². The van der Waals surface area contributed by atoms with Crippen LogP contribution in [0.15, 0.2) is 92.0 Å². The highest BCUT2D eigenvalue weighted by Gasteiger charge is 2.16. The van der Waals surface area contributed by atoms with E-state index in [9.17, 15) is 4.39 Å². The van der Waals surface area contributed by atoms with Crippen molar-refractivity contribution in [2.45, 2.75) is 27.7 Å². The first kappa shape index (κ1) is 25.9. The van der Waals surface area contributed by atoms with E-state index < -0.39 is 0 Å². The summed E-state index contributed by atoms with van der Waals surface area (Å²) in [4.78, 5) is 9.04. The van der Waals surface area contributed by atoms with Crippen LogP contribution in [0.4, 0.5) is 15.8 Å². The Balaban J connectivity index is 1.43. The van der Waals surface area contributed by atoms with E-state index in [4.69, 9.17) is 0 Å². The van der Waals surface area contributed by atoms with Gasteiger partial charge in [0.1, 0.15) is 11.5 Å². The molecule has 6 nitrogen and oxygen atoms in total. The molecule has 0 radical (unpaired) electrons. The summed E-state index contributed by atoms with van der Waals surface area (Å²) in [5.41, 5.74) is 9.35. The lowest BCUT2D eigenvalue weighted by Gasteiger charge is -2.23. The summed E-state index contributed by atoms with van der Waals surface area (Å²) in [7, 11) is 0. The highest BCUT2D eigenvalue weighted by atomic mass is 19.1. The summed E-state index contributed by atoms with van der Waals surface area (Å²) in [5, 5.41) is 15.3. The number of H-pyrrole nitrogens is 1. The van der Waals surface area contributed by atoms with Crippen molar-refractivity contribution < 1.29 is 4.39 Å². The molecule has 7 heteroatoms. The third kappa shape index (κ3) is 5.43. The van der Waals surface area contributed by atoms with Gasteiger partial charge in [-0.05, 0) is 53.9 Å². The van der Waals surface area contributed by atoms with E-state index in [0.29, 0.717) is 11.4 Å². The molecule has 0 aliphatic rings. The van der Waals surface area contributed by atoms with Gasteiger partial charge in [-0.25, -0.2) is 4.39 Å². The van der Waals surface area contributed by atoms with E-state index >= 15 is 0 Å². The monoisotopic (exact) mass is 518 g/mol. The fourth-order valence-corrected chi connectivity index (χ4v) is 4.25. The van der Waals surface area contributed by atoms with Crippen molar-refractivity contribution in [3.8, 4) is 22.4 Å². The molecular weight excluding hydrogens is 487 g/mol. The number of allylic oxidation sites excluding steroid dienone is 1. The maximum Gasteiger partial charge on any atom is 0.123 e. The summed E-state index contributed by atoms with van der Waals surface area (Å²) in [6.45, 7) is 16.8. The Bertz CT molecular complexity index is 1690. The molecule has 5 aromatic rings. The van der Waals surface area contributed by atoms with Crippen LogP contribution in [0.3, 0.4) is 0 Å². The van der Waals surface area contributed by atoms with Crippen molar-refractivity contribution in [2.75, 3.05) is 10.6 Å². The second-order valence-corrected chi connectivity index (χ2v) is 10.6. The number of nitrogens with zero attached hydrogens (tertiary/aromatic N) is 3. The van der Waals surface area contributed by atoms with E-state index in [0.717, 1.165) is 55.9 Å². The Morgan fingerprint density at radius 3 is 2.44 bits per heavy atom. The topological polar surface area (TPSA) is 78.5 Å². The van der Waals surface area contributed by atoms with Gasteiger partial charge in [-0.2, -0.15) is 5.10 Å². The summed E-state index contributed by atoms with van der Waals surface area (Å²) >= 11 is 0. The van der Waals surface area contributed by atoms with Gasteiger partial charge in [0.25, 0.3) is 0 Å². The minimum absolute atomic E-state index is 0.0802. The third-order valence-corrected chi connectivity index (χ3v) is 6.74. The molecule has 0 fully saturated rings. The second kappa shape index (κ2) is 10.2. The predicted molar refractivity (Wildman–Crippen MR) is 159 cm³/mol. The van der Waals surface area contributed by atoms with Crippen LogP contribution in [0.5, 0.6) is 0 Å². The number of aromatic amines is 1. The van der Waals surface area contributed by atoms with Gasteiger partial charge in [-0.3, -0.25) is 15.1 Å². The maximum atomic E-state index is 13.4. The molecule has 0 atom stereocenters. The molecule has 3 heterocycles. The molecule has 196 valence electrons. The van der Waals surface area contributed by atoms with Crippen LogP contribution in [0, 0.1) is 18.2 Å². The SMILES string of the molecule is C=C(Nc1cccc(-c2ccc(F)cc2)c1C)c1n[nH]c2cnc(-c3cncc(NC(=C)C(C)(C)C)c3)cc12. The average molecular weight is 519 g/mol. The number of pyridine rings is 2. The summed E-state index contributed by atoms with van der Waals surface area (Å²) in [6.07, 6.45) is 5.33. The van der Waals surface area contributed by atoms with E-state index in [1.54, 1.807) is 30.7 Å². The van der Waals surface area contributed by atoms with Crippen molar-refractivity contribution >= 4 is 28.0 Å². The van der Waals surface area contributed by atoms with Crippen LogP contribution in [-0.2, 0) is 0 Å². The summed E-state index contributed by atoms with van der Waals surface area (Å²) in [6, 6.07) is 16.5. The number of nitrogens with one attached hydrogen (secondary N) is 3. The Labute approximate surface area is 227 Å². The lowest BCUT2D eigenvalue weighted by molar-refractivity contribution is 0.509. The molecule has 0 aliphatic heterocycles. The number of aromatic nitrogens is 4. The zero-order valence-electron chi connectivity index (χ0n) is 22.6. The van der Waals surface area contributed by atoms with Gasteiger partial charge in [-0.1, -0.05) is 58.2 Å². The Morgan fingerprint density at radius 1 is 0.923 bits per heavy atom. The number of benzene rings is 2. The fraction of sp³-hybridized carbons (Fsp3) is 0.156. The lowest BCUT2D eigenvalue weighted by atomic mass is 9.93. The van der Waals surface area contributed by atoms with Crippen LogP contribution in [0.2, 0.25) is 0 Å². The van der Waals surface area contributed by atoms with E-state index in [-0.39, 0.29) is 11.2 Å². The molecule has 0 aliphatic carbocycles. The van der Waals surface area contributed by atoms with Gasteiger partial charge in [0.05, 0.1) is 35.0 Å². The summed E-state index contributed by atoms with van der Waals surface area (Å²) in [5.74, 6) is -0.257. The second-order valence-electron chi connectivity index (χ2n) is 10.6. The zero-order chi connectivity index (χ0) is 27.7. The molecule has 39 heavy (non-hydrogen) atoms. The molecular formula is C32H31FN6. The predicted octanol–water partition coefficient (Wildman–Crippen LogP) is 8.19. The van der Waals surface area contributed by atoms with Crippen LogP contribution in [-0.4, -0.2) is 20.2 Å². The van der Waals surface area contributed by atoms with Gasteiger partial charge in [0.15, 0.2) is 0 Å². The van der Waals surface area contributed by atoms with Crippen molar-refractivity contribution in [1.82, 2.24) is 20.2 Å². The van der Waals surface area contributed by atoms with Crippen molar-refractivity contribution in [2.24, 2.45) is 5.41 Å². The Hall–Kier alpha value is -4.78. The van der Waals surface area contributed by atoms with Crippen LogP contribution >= 0.6 is 0 Å². The molecule has 3 aromatic heterocycles. The van der Waals surface area contributed by atoms with Crippen LogP contribution < -0.4 is 10.6 Å². The minimum Gasteiger partial charge on any atom is -0.358 e. The molecule has 2 aromatic carbocycles. The standard InChI is InChI=1S/C32H31FN6/c1-19-26(22-10-12-24(33)13-11-22)8-7-9-28(19)36-20(2)31-27-15-29(35-18-30(27)38-39-31)23-14-25(17-34-16-23)37-21(3)32(4,5)6/h7-18,36-37H,2-3H2,1,4-6H3,(H,38,39). The van der Waals surface area contributed by atoms with Gasteiger partial charge in [0.2, 0.25) is 0 Å². The van der Waals surface area contributed by atoms with Gasteiger partial charge < -0.3 is 10.6 Å². The number of rotatable bonds is 7. The molecule has 3 N–H and O–H groups in total. The highest BCUT2D eigenvalue weighted by Crippen LogP contribution is 2.32. The normalized spacial score (nSPS) is 11.4. The minimum atomic E-state index is -0.257. The zero-order valence-corrected chi connectivity index (χ0v) is 22.6. The molecule has 0 spiro atoms. The first-order valence-electron chi connectivity index (χ1n) is 12.7. The lowest BCUT2D eigenvalue weighted by Crippen LogP contribution is -2.15. The molecule has 0 saturated carbocycles. The van der Waals surface area contributed by atoms with Gasteiger partial charge in [-0.15, -0.1) is 0 Å². The number of halogens is 1. The fourth-order valence-electron chi connectivity index (χ4n) is 4.25. The molecule has 0 unspecified atom stereocenters. The molecule has 0 saturated heterocycles. The first-order valence-corrected chi connectivity index (χ1v) is 12.7. The van der Waals surface area contributed by atoms with E-state index in [1.807, 2.05) is 37.3 Å². The van der Waals surface area contributed by atoms with Gasteiger partial charge >= 0.3 is 0 Å². The van der Waals surface area contributed by atoms with Crippen molar-refractivity contribution in [1.29, 1.82) is 0 Å². The Morgan fingerprint density at radius 2 is 1.69 bits per heavy atom. The van der Waals surface area contributed by atoms with E-state index in [2.05, 4.69) is 64.7 Å². The Kier molecular flexibility index (Phi) is 6.74. The number of fused-ring (bicyclic) bond motifs is 1.